The van der Waals surface area contributed by atoms with Gasteiger partial charge in [0.15, 0.2) is 5.82 Å². The number of urea groups is 1. The number of nitrogens with zero attached hydrogens (tertiary/aromatic N) is 5. The topological polar surface area (TPSA) is 105 Å². The number of hydrogen-bond acceptors (Lipinski definition) is 6. The first-order valence-electron chi connectivity index (χ1n) is 13.7. The predicted molar refractivity (Wildman–Crippen MR) is 163 cm³/mol. The van der Waals surface area contributed by atoms with Crippen LogP contribution in [0.15, 0.2) is 95.1 Å². The average Bonchev–Trinajstić information content (AvgIpc) is 3.64. The van der Waals surface area contributed by atoms with Crippen molar-refractivity contribution in [2.24, 2.45) is 4.99 Å². The minimum atomic E-state index is -4.77. The zero-order valence-electron chi connectivity index (χ0n) is 23.7. The molecule has 0 fully saturated rings. The molecule has 8 nitrogen and oxygen atoms in total. The maximum atomic E-state index is 12.8. The molecule has 1 aliphatic rings. The summed E-state index contributed by atoms with van der Waals surface area (Å²) in [6.07, 6.45) is -2.44. The molecular formula is C32H27F3N6O2S. The summed E-state index contributed by atoms with van der Waals surface area (Å²) < 4.78 is 42.6. The maximum absolute atomic E-state index is 12.8. The Labute approximate surface area is 256 Å². The number of aromatic nitrogens is 3. The predicted octanol–water partition coefficient (Wildman–Crippen LogP) is 7.54. The van der Waals surface area contributed by atoms with Crippen LogP contribution in [0.2, 0.25) is 0 Å². The lowest BCUT2D eigenvalue weighted by Gasteiger charge is -2.17. The van der Waals surface area contributed by atoms with E-state index in [9.17, 15) is 23.2 Å². The minimum Gasteiger partial charge on any atom is -0.406 e. The van der Waals surface area contributed by atoms with E-state index in [1.807, 2.05) is 24.5 Å². The molecule has 0 spiro atoms. The van der Waals surface area contributed by atoms with Crippen molar-refractivity contribution < 1.29 is 22.7 Å². The number of nitriles is 1. The second-order valence-electron chi connectivity index (χ2n) is 9.96. The van der Waals surface area contributed by atoms with Gasteiger partial charge < -0.3 is 10.1 Å². The lowest BCUT2D eigenvalue weighted by Crippen LogP contribution is -2.26. The fourth-order valence-electron chi connectivity index (χ4n) is 4.84. The average molecular weight is 617 g/mol. The Morgan fingerprint density at radius 3 is 2.55 bits per heavy atom. The van der Waals surface area contributed by atoms with Crippen molar-refractivity contribution in [3.63, 3.8) is 0 Å². The van der Waals surface area contributed by atoms with Gasteiger partial charge in [0.25, 0.3) is 0 Å². The molecule has 0 radical (unpaired) electrons. The van der Waals surface area contributed by atoms with Gasteiger partial charge in [0.05, 0.1) is 28.6 Å². The number of alkyl halides is 3. The second kappa shape index (κ2) is 13.2. The number of allylic oxidation sites excluding steroid dienone is 1. The van der Waals surface area contributed by atoms with Crippen LogP contribution in [-0.2, 0) is 6.42 Å². The summed E-state index contributed by atoms with van der Waals surface area (Å²) in [7, 11) is 0. The highest BCUT2D eigenvalue weighted by Gasteiger charge is 2.31. The number of hydrogen-bond donors (Lipinski definition) is 1. The Bertz CT molecular complexity index is 1740. The number of ether oxygens (including phenoxy) is 1. The number of nitrogens with one attached hydrogen (secondary N) is 1. The van der Waals surface area contributed by atoms with Gasteiger partial charge in [0, 0.05) is 12.1 Å². The monoisotopic (exact) mass is 616 g/mol. The van der Waals surface area contributed by atoms with Crippen molar-refractivity contribution in [3.8, 4) is 28.9 Å². The van der Waals surface area contributed by atoms with Crippen molar-refractivity contribution in [1.82, 2.24) is 20.1 Å². The van der Waals surface area contributed by atoms with Crippen LogP contribution in [0, 0.1) is 11.3 Å². The maximum Gasteiger partial charge on any atom is 0.573 e. The molecule has 0 saturated heterocycles. The first-order valence-corrected chi connectivity index (χ1v) is 14.6. The number of amides is 2. The van der Waals surface area contributed by atoms with Crippen molar-refractivity contribution in [2.75, 3.05) is 6.54 Å². The third-order valence-electron chi connectivity index (χ3n) is 7.04. The van der Waals surface area contributed by atoms with Crippen molar-refractivity contribution in [2.45, 2.75) is 38.5 Å². The second-order valence-corrected chi connectivity index (χ2v) is 10.8. The van der Waals surface area contributed by atoms with E-state index in [1.165, 1.54) is 52.6 Å². The van der Waals surface area contributed by atoms with Crippen LogP contribution in [0.25, 0.3) is 17.1 Å². The SMILES string of the molecule is CCc1ccccc1C1C(C)=CSC1=NC(=O)NCC(C#N)c1ccc(-c2ncn(-c3ccc(OC(F)(F)F)cc3)n2)cc1. The Hall–Kier alpha value is -4.89. The van der Waals surface area contributed by atoms with Gasteiger partial charge in [-0.3, -0.25) is 0 Å². The number of aryl methyl sites for hydroxylation is 1. The molecular weight excluding hydrogens is 589 g/mol. The van der Waals surface area contributed by atoms with Crippen LogP contribution in [0.5, 0.6) is 5.75 Å². The Morgan fingerprint density at radius 1 is 1.14 bits per heavy atom. The molecule has 44 heavy (non-hydrogen) atoms. The van der Waals surface area contributed by atoms with E-state index in [2.05, 4.69) is 50.3 Å². The summed E-state index contributed by atoms with van der Waals surface area (Å²) in [5.41, 5.74) is 5.36. The minimum absolute atomic E-state index is 0.0685. The highest BCUT2D eigenvalue weighted by Crippen LogP contribution is 2.40. The molecule has 0 saturated carbocycles. The molecule has 2 unspecified atom stereocenters. The molecule has 0 aliphatic carbocycles. The molecule has 1 N–H and O–H groups in total. The highest BCUT2D eigenvalue weighted by atomic mass is 32.2. The lowest BCUT2D eigenvalue weighted by molar-refractivity contribution is -0.274. The van der Waals surface area contributed by atoms with Gasteiger partial charge in [0.2, 0.25) is 0 Å². The van der Waals surface area contributed by atoms with Gasteiger partial charge in [-0.25, -0.2) is 14.5 Å². The normalized spacial score (nSPS) is 16.3. The quantitative estimate of drug-likeness (QED) is 0.219. The molecule has 2 heterocycles. The number of aliphatic imine (C=N–C) groups is 1. The van der Waals surface area contributed by atoms with Gasteiger partial charge in [-0.05, 0) is 59.7 Å². The third-order valence-corrected chi connectivity index (χ3v) is 8.10. The molecule has 2 atom stereocenters. The first-order chi connectivity index (χ1) is 21.1. The van der Waals surface area contributed by atoms with Crippen LogP contribution in [0.3, 0.4) is 0 Å². The van der Waals surface area contributed by atoms with Gasteiger partial charge in [-0.15, -0.1) is 18.3 Å². The van der Waals surface area contributed by atoms with Crippen LogP contribution in [0.4, 0.5) is 18.0 Å². The molecule has 1 aromatic heterocycles. The zero-order valence-corrected chi connectivity index (χ0v) is 24.6. The number of carbonyl (C=O) groups is 1. The molecule has 0 bridgehead atoms. The molecule has 224 valence electrons. The van der Waals surface area contributed by atoms with Crippen LogP contribution < -0.4 is 10.1 Å². The molecule has 4 aromatic rings. The van der Waals surface area contributed by atoms with Gasteiger partial charge in [0.1, 0.15) is 12.1 Å². The molecule has 5 rings (SSSR count). The summed E-state index contributed by atoms with van der Waals surface area (Å²) in [6, 6.07) is 22.2. The van der Waals surface area contributed by atoms with Gasteiger partial charge >= 0.3 is 12.4 Å². The number of carbonyl (C=O) groups excluding carboxylic acids is 1. The van der Waals surface area contributed by atoms with Crippen molar-refractivity contribution >= 4 is 22.8 Å². The fourth-order valence-corrected chi connectivity index (χ4v) is 5.87. The molecule has 1 aliphatic heterocycles. The highest BCUT2D eigenvalue weighted by molar-refractivity contribution is 8.17. The van der Waals surface area contributed by atoms with Crippen LogP contribution >= 0.6 is 11.8 Å². The summed E-state index contributed by atoms with van der Waals surface area (Å²) in [6.45, 7) is 4.22. The van der Waals surface area contributed by atoms with E-state index in [0.717, 1.165) is 17.6 Å². The Morgan fingerprint density at radius 2 is 1.86 bits per heavy atom. The van der Waals surface area contributed by atoms with Crippen molar-refractivity contribution in [1.29, 1.82) is 5.26 Å². The van der Waals surface area contributed by atoms with Gasteiger partial charge in [-0.2, -0.15) is 10.3 Å². The van der Waals surface area contributed by atoms with E-state index in [-0.39, 0.29) is 18.2 Å². The molecule has 2 amide bonds. The Balaban J connectivity index is 1.22. The zero-order chi connectivity index (χ0) is 31.3. The van der Waals surface area contributed by atoms with E-state index in [0.29, 0.717) is 27.7 Å². The smallest absolute Gasteiger partial charge is 0.406 e. The third kappa shape index (κ3) is 7.18. The standard InChI is InChI=1S/C32H27F3N6O2S/c1-3-21-6-4-5-7-27(21)28-20(2)18-44-30(28)39-31(42)37-17-24(16-36)22-8-10-23(11-9-22)29-38-19-41(40-29)25-12-14-26(15-13-25)43-32(33,34)35/h4-15,18-19,24,28H,3,17H2,1-2H3,(H,37,42). The van der Waals surface area contributed by atoms with E-state index < -0.39 is 18.3 Å². The number of benzene rings is 3. The lowest BCUT2D eigenvalue weighted by atomic mass is 9.89. The number of rotatable bonds is 8. The van der Waals surface area contributed by atoms with E-state index >= 15 is 0 Å². The fraction of sp³-hybridized carbons (Fsp3) is 0.219. The molecule has 12 heteroatoms. The van der Waals surface area contributed by atoms with E-state index in [1.54, 1.807) is 24.3 Å². The van der Waals surface area contributed by atoms with Crippen molar-refractivity contribution in [3.05, 3.63) is 107 Å². The number of halogens is 3. The number of thioether (sulfide) groups is 1. The first kappa shape index (κ1) is 30.6. The van der Waals surface area contributed by atoms with Crippen LogP contribution in [-0.4, -0.2) is 38.7 Å². The van der Waals surface area contributed by atoms with Crippen LogP contribution in [0.1, 0.15) is 42.4 Å². The summed E-state index contributed by atoms with van der Waals surface area (Å²) in [5, 5.41) is 19.7. The molecule has 3 aromatic carbocycles. The Kier molecular flexibility index (Phi) is 9.15. The summed E-state index contributed by atoms with van der Waals surface area (Å²) in [4.78, 5) is 21.4. The summed E-state index contributed by atoms with van der Waals surface area (Å²) in [5.74, 6) is -0.619. The van der Waals surface area contributed by atoms with E-state index in [4.69, 9.17) is 0 Å². The largest absolute Gasteiger partial charge is 0.573 e. The van der Waals surface area contributed by atoms with Gasteiger partial charge in [-0.1, -0.05) is 72.8 Å². The summed E-state index contributed by atoms with van der Waals surface area (Å²) >= 11 is 1.44.